The van der Waals surface area contributed by atoms with Crippen LogP contribution in [-0.4, -0.2) is 66.6 Å². The standard InChI is InChI=1S/C17H21N11O4S2/c18-6-8(19)7-22-34(31,32)12-5-4-9(10-2-1-3-11-14(10)24-17(20)23-11)13(15(12)33(21,29)30)16-25-27-28-26-16/h1-5,8,22H,6-7,18-19H2,(H3,20,23,24)(H2,21,29,30)(H,25,26,27,28). The molecule has 2 aromatic carbocycles. The molecule has 2 heterocycles. The van der Waals surface area contributed by atoms with Crippen molar-refractivity contribution >= 4 is 37.0 Å². The Morgan fingerprint density at radius 1 is 1.09 bits per heavy atom. The van der Waals surface area contributed by atoms with E-state index in [0.29, 0.717) is 16.6 Å². The number of nitrogen functional groups attached to an aromatic ring is 1. The van der Waals surface area contributed by atoms with Crippen LogP contribution in [0.5, 0.6) is 0 Å². The summed E-state index contributed by atoms with van der Waals surface area (Å²) in [5.74, 6) is -0.0647. The van der Waals surface area contributed by atoms with E-state index < -0.39 is 35.9 Å². The Kier molecular flexibility index (Phi) is 6.06. The summed E-state index contributed by atoms with van der Waals surface area (Å²) >= 11 is 0. The maximum absolute atomic E-state index is 13.1. The molecule has 0 fully saturated rings. The Morgan fingerprint density at radius 3 is 2.50 bits per heavy atom. The van der Waals surface area contributed by atoms with Crippen LogP contribution in [0.2, 0.25) is 0 Å². The minimum Gasteiger partial charge on any atom is -0.369 e. The van der Waals surface area contributed by atoms with Crippen LogP contribution in [0.3, 0.4) is 0 Å². The highest BCUT2D eigenvalue weighted by molar-refractivity contribution is 7.92. The van der Waals surface area contributed by atoms with Crippen molar-refractivity contribution in [3.8, 4) is 22.5 Å². The van der Waals surface area contributed by atoms with Crippen molar-refractivity contribution in [1.82, 2.24) is 35.3 Å². The summed E-state index contributed by atoms with van der Waals surface area (Å²) in [4.78, 5) is 5.80. The number of imidazole rings is 1. The lowest BCUT2D eigenvalue weighted by molar-refractivity contribution is 0.563. The lowest BCUT2D eigenvalue weighted by atomic mass is 9.98. The summed E-state index contributed by atoms with van der Waals surface area (Å²) in [6.45, 7) is -0.220. The van der Waals surface area contributed by atoms with Gasteiger partial charge in [-0.2, -0.15) is 5.21 Å². The van der Waals surface area contributed by atoms with Crippen molar-refractivity contribution in [3.05, 3.63) is 30.3 Å². The van der Waals surface area contributed by atoms with Gasteiger partial charge in [-0.1, -0.05) is 18.2 Å². The number of aromatic nitrogens is 6. The third-order valence-corrected chi connectivity index (χ3v) is 7.51. The van der Waals surface area contributed by atoms with E-state index in [-0.39, 0.29) is 36.0 Å². The molecule has 0 amide bonds. The summed E-state index contributed by atoms with van der Waals surface area (Å²) in [7, 11) is -9.05. The fourth-order valence-corrected chi connectivity index (χ4v) is 6.11. The number of H-pyrrole nitrogens is 2. The van der Waals surface area contributed by atoms with Gasteiger partial charge in [0.1, 0.15) is 9.79 Å². The fourth-order valence-electron chi connectivity index (χ4n) is 3.42. The summed E-state index contributed by atoms with van der Waals surface area (Å²) in [6, 6.07) is 6.89. The van der Waals surface area contributed by atoms with E-state index in [9.17, 15) is 16.8 Å². The molecular weight excluding hydrogens is 486 g/mol. The highest BCUT2D eigenvalue weighted by Crippen LogP contribution is 2.40. The molecule has 15 nitrogen and oxygen atoms in total. The van der Waals surface area contributed by atoms with E-state index in [2.05, 4.69) is 35.3 Å². The first-order valence-electron chi connectivity index (χ1n) is 9.66. The third kappa shape index (κ3) is 4.34. The molecule has 11 N–H and O–H groups in total. The van der Waals surface area contributed by atoms with Gasteiger partial charge in [-0.3, -0.25) is 0 Å². The van der Waals surface area contributed by atoms with Crippen LogP contribution < -0.4 is 27.1 Å². The first kappa shape index (κ1) is 23.7. The van der Waals surface area contributed by atoms with Gasteiger partial charge in [0, 0.05) is 24.7 Å². The van der Waals surface area contributed by atoms with E-state index in [1.54, 1.807) is 18.2 Å². The van der Waals surface area contributed by atoms with Gasteiger partial charge >= 0.3 is 0 Å². The highest BCUT2D eigenvalue weighted by atomic mass is 32.2. The fraction of sp³-hybridized carbons (Fsp3) is 0.176. The number of nitrogens with two attached hydrogens (primary N) is 4. The van der Waals surface area contributed by atoms with E-state index in [1.807, 2.05) is 0 Å². The summed E-state index contributed by atoms with van der Waals surface area (Å²) in [5.41, 5.74) is 18.4. The second-order valence-electron chi connectivity index (χ2n) is 7.27. The number of nitrogens with one attached hydrogen (secondary N) is 3. The molecule has 0 bridgehead atoms. The van der Waals surface area contributed by atoms with Crippen molar-refractivity contribution in [2.75, 3.05) is 18.8 Å². The zero-order chi connectivity index (χ0) is 24.7. The topological polar surface area (TPSA) is 268 Å². The molecule has 17 heteroatoms. The van der Waals surface area contributed by atoms with Gasteiger partial charge in [-0.05, 0) is 22.9 Å². The van der Waals surface area contributed by atoms with Crippen LogP contribution in [0.25, 0.3) is 33.5 Å². The van der Waals surface area contributed by atoms with Crippen molar-refractivity contribution in [2.45, 2.75) is 15.8 Å². The molecule has 0 saturated heterocycles. The number of tetrazole rings is 1. The van der Waals surface area contributed by atoms with E-state index in [1.165, 1.54) is 6.07 Å². The molecule has 0 spiro atoms. The molecule has 1 atom stereocenters. The number of hydrogen-bond acceptors (Lipinski definition) is 11. The van der Waals surface area contributed by atoms with E-state index >= 15 is 0 Å². The number of benzene rings is 2. The largest absolute Gasteiger partial charge is 0.369 e. The van der Waals surface area contributed by atoms with Gasteiger partial charge in [0.2, 0.25) is 25.9 Å². The van der Waals surface area contributed by atoms with Gasteiger partial charge in [-0.15, -0.1) is 10.2 Å². The lowest BCUT2D eigenvalue weighted by Crippen LogP contribution is -2.42. The first-order valence-corrected chi connectivity index (χ1v) is 12.7. The smallest absolute Gasteiger partial charge is 0.241 e. The monoisotopic (exact) mass is 507 g/mol. The van der Waals surface area contributed by atoms with Gasteiger partial charge in [0.25, 0.3) is 0 Å². The number of nitrogens with zero attached hydrogens (tertiary/aromatic N) is 4. The molecule has 180 valence electrons. The van der Waals surface area contributed by atoms with Gasteiger partial charge < -0.3 is 22.2 Å². The van der Waals surface area contributed by atoms with Gasteiger partial charge in [-0.25, -0.2) is 31.7 Å². The summed E-state index contributed by atoms with van der Waals surface area (Å²) < 4.78 is 54.0. The van der Waals surface area contributed by atoms with Crippen LogP contribution in [-0.2, 0) is 20.0 Å². The first-order chi connectivity index (χ1) is 16.0. The molecule has 34 heavy (non-hydrogen) atoms. The number of sulfonamides is 2. The predicted octanol–water partition coefficient (Wildman–Crippen LogP) is -1.80. The van der Waals surface area contributed by atoms with E-state index in [0.717, 1.165) is 6.07 Å². The van der Waals surface area contributed by atoms with Crippen LogP contribution in [0.15, 0.2) is 40.1 Å². The Bertz CT molecular complexity index is 1560. The SMILES string of the molecule is NCC(N)CNS(=O)(=O)c1ccc(-c2cccc3[nH]c(N)nc23)c(-c2nn[nH]n2)c1S(N)(=O)=O. The molecule has 4 rings (SSSR count). The normalized spacial score (nSPS) is 13.4. The van der Waals surface area contributed by atoms with Crippen LogP contribution in [0.1, 0.15) is 0 Å². The molecule has 0 radical (unpaired) electrons. The Labute approximate surface area is 193 Å². The molecule has 4 aromatic rings. The average Bonchev–Trinajstić information content (AvgIpc) is 3.44. The van der Waals surface area contributed by atoms with Crippen molar-refractivity contribution in [2.24, 2.45) is 16.6 Å². The second kappa shape index (κ2) is 8.70. The number of rotatable bonds is 8. The molecule has 0 aliphatic carbocycles. The number of fused-ring (bicyclic) bond motifs is 1. The molecular formula is C17H21N11O4S2. The number of primary sulfonamides is 1. The van der Waals surface area contributed by atoms with Crippen LogP contribution in [0, 0.1) is 0 Å². The van der Waals surface area contributed by atoms with Crippen LogP contribution in [0.4, 0.5) is 5.95 Å². The molecule has 0 saturated carbocycles. The quantitative estimate of drug-likeness (QED) is 0.140. The Hall–Kier alpha value is -3.48. The predicted molar refractivity (Wildman–Crippen MR) is 123 cm³/mol. The number of anilines is 1. The van der Waals surface area contributed by atoms with Crippen molar-refractivity contribution in [3.63, 3.8) is 0 Å². The minimum atomic E-state index is -4.65. The molecule has 2 aromatic heterocycles. The third-order valence-electron chi connectivity index (χ3n) is 4.92. The van der Waals surface area contributed by atoms with Crippen LogP contribution >= 0.6 is 0 Å². The maximum atomic E-state index is 13.1. The number of aromatic amines is 2. The average molecular weight is 508 g/mol. The lowest BCUT2D eigenvalue weighted by Gasteiger charge is -2.17. The van der Waals surface area contributed by atoms with Gasteiger partial charge in [0.15, 0.2) is 5.95 Å². The maximum Gasteiger partial charge on any atom is 0.241 e. The molecule has 0 aliphatic rings. The zero-order valence-corrected chi connectivity index (χ0v) is 19.1. The summed E-state index contributed by atoms with van der Waals surface area (Å²) in [5, 5.41) is 19.0. The van der Waals surface area contributed by atoms with Crippen molar-refractivity contribution in [1.29, 1.82) is 0 Å². The summed E-state index contributed by atoms with van der Waals surface area (Å²) in [6.07, 6.45) is 0. The Balaban J connectivity index is 2.06. The van der Waals surface area contributed by atoms with Gasteiger partial charge in [0.05, 0.1) is 16.6 Å². The zero-order valence-electron chi connectivity index (χ0n) is 17.4. The molecule has 1 unspecified atom stereocenters. The second-order valence-corrected chi connectivity index (χ2v) is 10.5. The van der Waals surface area contributed by atoms with Crippen molar-refractivity contribution < 1.29 is 16.8 Å². The highest BCUT2D eigenvalue weighted by Gasteiger charge is 2.32. The number of para-hydroxylation sites is 1. The minimum absolute atomic E-state index is 0.00835. The Morgan fingerprint density at radius 2 is 1.85 bits per heavy atom. The van der Waals surface area contributed by atoms with E-state index in [4.69, 9.17) is 22.3 Å². The molecule has 0 aliphatic heterocycles. The number of hydrogen-bond donors (Lipinski definition) is 7.